The number of anilines is 2. The van der Waals surface area contributed by atoms with Gasteiger partial charge in [-0.05, 0) is 55.3 Å². The SMILES string of the molecule is Cc1c(CNc2ccc(CCC3=NCCN3)cc2)nn(-c2ccccc2)c1NC(=O)c1ccccc1F. The molecule has 1 amide bonds. The molecular formula is C29H29FN6O. The quantitative estimate of drug-likeness (QED) is 0.300. The average Bonchev–Trinajstić information content (AvgIpc) is 3.56. The number of benzene rings is 3. The fourth-order valence-electron chi connectivity index (χ4n) is 4.28. The van der Waals surface area contributed by atoms with Crippen LogP contribution >= 0.6 is 0 Å². The van der Waals surface area contributed by atoms with Crippen molar-refractivity contribution in [1.82, 2.24) is 15.1 Å². The molecular weight excluding hydrogens is 467 g/mol. The number of nitrogens with zero attached hydrogens (tertiary/aromatic N) is 3. The number of aliphatic imine (C=N–C) groups is 1. The van der Waals surface area contributed by atoms with Gasteiger partial charge in [0.2, 0.25) is 0 Å². The third-order valence-corrected chi connectivity index (χ3v) is 6.38. The van der Waals surface area contributed by atoms with E-state index in [0.717, 1.165) is 54.4 Å². The monoisotopic (exact) mass is 496 g/mol. The van der Waals surface area contributed by atoms with E-state index in [9.17, 15) is 9.18 Å². The van der Waals surface area contributed by atoms with Crippen molar-refractivity contribution in [2.24, 2.45) is 4.99 Å². The van der Waals surface area contributed by atoms with Crippen LogP contribution in [0, 0.1) is 12.7 Å². The predicted molar refractivity (Wildman–Crippen MR) is 145 cm³/mol. The van der Waals surface area contributed by atoms with Crippen LogP contribution in [0.15, 0.2) is 83.9 Å². The molecule has 5 rings (SSSR count). The smallest absolute Gasteiger partial charge is 0.259 e. The molecule has 1 aliphatic heterocycles. The summed E-state index contributed by atoms with van der Waals surface area (Å²) in [6.45, 7) is 4.18. The van der Waals surface area contributed by atoms with Gasteiger partial charge in [0.15, 0.2) is 0 Å². The molecule has 3 N–H and O–H groups in total. The summed E-state index contributed by atoms with van der Waals surface area (Å²) in [6.07, 6.45) is 1.86. The average molecular weight is 497 g/mol. The maximum Gasteiger partial charge on any atom is 0.259 e. The predicted octanol–water partition coefficient (Wildman–Crippen LogP) is 5.12. The normalized spacial score (nSPS) is 12.6. The molecule has 1 aromatic heterocycles. The second-order valence-electron chi connectivity index (χ2n) is 8.91. The number of carbonyl (C=O) groups is 1. The van der Waals surface area contributed by atoms with Crippen molar-refractivity contribution in [2.75, 3.05) is 23.7 Å². The molecule has 0 bridgehead atoms. The van der Waals surface area contributed by atoms with E-state index in [-0.39, 0.29) is 5.56 Å². The van der Waals surface area contributed by atoms with Gasteiger partial charge < -0.3 is 16.0 Å². The Hall–Kier alpha value is -4.46. The fourth-order valence-corrected chi connectivity index (χ4v) is 4.28. The van der Waals surface area contributed by atoms with Crippen molar-refractivity contribution < 1.29 is 9.18 Å². The molecule has 0 radical (unpaired) electrons. The highest BCUT2D eigenvalue weighted by Gasteiger charge is 2.20. The van der Waals surface area contributed by atoms with E-state index in [1.54, 1.807) is 16.8 Å². The number of aromatic nitrogens is 2. The second kappa shape index (κ2) is 11.1. The second-order valence-corrected chi connectivity index (χ2v) is 8.91. The van der Waals surface area contributed by atoms with Crippen LogP contribution in [-0.4, -0.2) is 34.6 Å². The Morgan fingerprint density at radius 3 is 2.49 bits per heavy atom. The molecule has 0 unspecified atom stereocenters. The van der Waals surface area contributed by atoms with Crippen LogP contribution < -0.4 is 16.0 Å². The Morgan fingerprint density at radius 2 is 1.76 bits per heavy atom. The molecule has 7 nitrogen and oxygen atoms in total. The third-order valence-electron chi connectivity index (χ3n) is 6.38. The molecule has 2 heterocycles. The van der Waals surface area contributed by atoms with Crippen LogP contribution in [0.3, 0.4) is 0 Å². The molecule has 0 saturated carbocycles. The van der Waals surface area contributed by atoms with Crippen molar-refractivity contribution in [3.63, 3.8) is 0 Å². The van der Waals surface area contributed by atoms with Crippen LogP contribution in [-0.2, 0) is 13.0 Å². The topological polar surface area (TPSA) is 83.3 Å². The van der Waals surface area contributed by atoms with Gasteiger partial charge in [0.05, 0.1) is 35.9 Å². The van der Waals surface area contributed by atoms with Gasteiger partial charge >= 0.3 is 0 Å². The summed E-state index contributed by atoms with van der Waals surface area (Å²) < 4.78 is 15.9. The Bertz CT molecular complexity index is 1410. The van der Waals surface area contributed by atoms with Crippen molar-refractivity contribution >= 4 is 23.2 Å². The summed E-state index contributed by atoms with van der Waals surface area (Å²) in [4.78, 5) is 17.4. The molecule has 0 spiro atoms. The zero-order valence-corrected chi connectivity index (χ0v) is 20.7. The van der Waals surface area contributed by atoms with E-state index >= 15 is 0 Å². The van der Waals surface area contributed by atoms with Crippen LogP contribution in [0.5, 0.6) is 0 Å². The van der Waals surface area contributed by atoms with E-state index in [1.807, 2.05) is 37.3 Å². The molecule has 1 aliphatic rings. The van der Waals surface area contributed by atoms with Crippen molar-refractivity contribution in [1.29, 1.82) is 0 Å². The lowest BCUT2D eigenvalue weighted by molar-refractivity contribution is 0.102. The van der Waals surface area contributed by atoms with Gasteiger partial charge in [0.25, 0.3) is 5.91 Å². The van der Waals surface area contributed by atoms with Gasteiger partial charge in [-0.15, -0.1) is 0 Å². The molecule has 0 aliphatic carbocycles. The summed E-state index contributed by atoms with van der Waals surface area (Å²) in [7, 11) is 0. The molecule has 0 fully saturated rings. The highest BCUT2D eigenvalue weighted by molar-refractivity contribution is 6.04. The summed E-state index contributed by atoms with van der Waals surface area (Å²) in [6, 6.07) is 23.8. The number of carbonyl (C=O) groups excluding carboxylic acids is 1. The van der Waals surface area contributed by atoms with Crippen LogP contribution in [0.2, 0.25) is 0 Å². The molecule has 8 heteroatoms. The van der Waals surface area contributed by atoms with Gasteiger partial charge in [-0.2, -0.15) is 5.10 Å². The number of halogens is 1. The summed E-state index contributed by atoms with van der Waals surface area (Å²) >= 11 is 0. The lowest BCUT2D eigenvalue weighted by Gasteiger charge is -2.10. The largest absolute Gasteiger partial charge is 0.379 e. The summed E-state index contributed by atoms with van der Waals surface area (Å²) in [5, 5.41) is 14.4. The Morgan fingerprint density at radius 1 is 1.00 bits per heavy atom. The van der Waals surface area contributed by atoms with Crippen molar-refractivity contribution in [3.05, 3.63) is 107 Å². The lowest BCUT2D eigenvalue weighted by Crippen LogP contribution is -2.18. The molecule has 37 heavy (non-hydrogen) atoms. The van der Waals surface area contributed by atoms with E-state index in [2.05, 4.69) is 45.2 Å². The third kappa shape index (κ3) is 5.69. The molecule has 0 atom stereocenters. The van der Waals surface area contributed by atoms with E-state index < -0.39 is 11.7 Å². The number of rotatable bonds is 9. The van der Waals surface area contributed by atoms with Crippen LogP contribution in [0.4, 0.5) is 15.9 Å². The van der Waals surface area contributed by atoms with E-state index in [4.69, 9.17) is 5.10 Å². The minimum atomic E-state index is -0.568. The molecule has 188 valence electrons. The van der Waals surface area contributed by atoms with Crippen molar-refractivity contribution in [2.45, 2.75) is 26.3 Å². The number of aryl methyl sites for hydroxylation is 1. The first-order valence-corrected chi connectivity index (χ1v) is 12.4. The molecule has 3 aromatic carbocycles. The molecule has 4 aromatic rings. The minimum absolute atomic E-state index is 0.0155. The summed E-state index contributed by atoms with van der Waals surface area (Å²) in [5.41, 5.74) is 4.60. The number of nitrogens with one attached hydrogen (secondary N) is 3. The zero-order valence-electron chi connectivity index (χ0n) is 20.7. The van der Waals surface area contributed by atoms with Crippen LogP contribution in [0.1, 0.15) is 33.6 Å². The number of hydrogen-bond acceptors (Lipinski definition) is 5. The maximum atomic E-state index is 14.2. The first-order valence-electron chi connectivity index (χ1n) is 12.4. The highest BCUT2D eigenvalue weighted by Crippen LogP contribution is 2.25. The lowest BCUT2D eigenvalue weighted by atomic mass is 10.1. The Kier molecular flexibility index (Phi) is 7.26. The number of amidine groups is 1. The minimum Gasteiger partial charge on any atom is -0.379 e. The van der Waals surface area contributed by atoms with Gasteiger partial charge in [-0.1, -0.05) is 42.5 Å². The highest BCUT2D eigenvalue weighted by atomic mass is 19.1. The number of hydrogen-bond donors (Lipinski definition) is 3. The van der Waals surface area contributed by atoms with E-state index in [0.29, 0.717) is 12.4 Å². The standard InChI is InChI=1S/C29H29FN6O/c1-20-26(19-33-22-14-11-21(12-15-22)13-16-27-31-17-18-32-27)35-36(23-7-3-2-4-8-23)28(20)34-29(37)24-9-5-6-10-25(24)30/h2-12,14-15,33H,13,16-19H2,1H3,(H,31,32)(H,34,37). The Balaban J connectivity index is 1.32. The van der Waals surface area contributed by atoms with Gasteiger partial charge in [0.1, 0.15) is 11.6 Å². The number of para-hydroxylation sites is 1. The van der Waals surface area contributed by atoms with Crippen LogP contribution in [0.25, 0.3) is 5.69 Å². The summed E-state index contributed by atoms with van der Waals surface area (Å²) in [5.74, 6) is 0.507. The Labute approximate surface area is 215 Å². The first-order chi connectivity index (χ1) is 18.1. The van der Waals surface area contributed by atoms with E-state index in [1.165, 1.54) is 17.7 Å². The molecule has 0 saturated heterocycles. The van der Waals surface area contributed by atoms with Gasteiger partial charge in [-0.25, -0.2) is 9.07 Å². The fraction of sp³-hybridized carbons (Fsp3) is 0.207. The zero-order chi connectivity index (χ0) is 25.6. The first kappa shape index (κ1) is 24.2. The number of amides is 1. The van der Waals surface area contributed by atoms with Crippen molar-refractivity contribution in [3.8, 4) is 5.69 Å². The van der Waals surface area contributed by atoms with Gasteiger partial charge in [0, 0.05) is 24.2 Å². The maximum absolute atomic E-state index is 14.2. The van der Waals surface area contributed by atoms with Gasteiger partial charge in [-0.3, -0.25) is 9.79 Å².